The first kappa shape index (κ1) is 16.8. The number of pyridine rings is 1. The number of rotatable bonds is 5. The third-order valence-corrected chi connectivity index (χ3v) is 3.08. The van der Waals surface area contributed by atoms with Gasteiger partial charge in [-0.1, -0.05) is 5.16 Å². The number of amides is 1. The molecule has 0 radical (unpaired) electrons. The van der Waals surface area contributed by atoms with Gasteiger partial charge in [-0.15, -0.1) is 0 Å². The summed E-state index contributed by atoms with van der Waals surface area (Å²) in [6, 6.07) is 2.16. The van der Waals surface area contributed by atoms with Crippen molar-refractivity contribution in [3.8, 4) is 0 Å². The molecule has 0 saturated heterocycles. The van der Waals surface area contributed by atoms with Crippen LogP contribution < -0.4 is 10.6 Å². The van der Waals surface area contributed by atoms with Gasteiger partial charge in [0.25, 0.3) is 5.91 Å². The molecule has 2 rings (SSSR count). The van der Waals surface area contributed by atoms with Crippen molar-refractivity contribution in [2.24, 2.45) is 0 Å². The molecule has 9 heteroatoms. The zero-order chi connectivity index (χ0) is 17.0. The van der Waals surface area contributed by atoms with Crippen LogP contribution in [0.5, 0.6) is 0 Å². The normalized spacial score (nSPS) is 11.3. The van der Waals surface area contributed by atoms with Gasteiger partial charge in [-0.25, -0.2) is 4.98 Å². The van der Waals surface area contributed by atoms with Crippen LogP contribution in [0.3, 0.4) is 0 Å². The summed E-state index contributed by atoms with van der Waals surface area (Å²) in [6.07, 6.45) is -3.23. The third kappa shape index (κ3) is 3.99. The third-order valence-electron chi connectivity index (χ3n) is 3.08. The molecular formula is C14H15F3N4O2. The summed E-state index contributed by atoms with van der Waals surface area (Å²) in [5.41, 5.74) is -0.0621. The number of alkyl halides is 3. The standard InChI is InChI=1S/C14H15F3N4O2/c1-8-11(9(2)23-21-8)13(22)20-7-6-19-12-10(14(15,16)17)4-3-5-18-12/h3-5H,6-7H2,1-2H3,(H,18,19)(H,20,22). The number of hydrogen-bond donors (Lipinski definition) is 2. The van der Waals surface area contributed by atoms with Crippen LogP contribution in [0, 0.1) is 13.8 Å². The molecule has 2 N–H and O–H groups in total. The van der Waals surface area contributed by atoms with Crippen molar-refractivity contribution >= 4 is 11.7 Å². The minimum atomic E-state index is -4.49. The molecule has 0 fully saturated rings. The van der Waals surface area contributed by atoms with Gasteiger partial charge in [0.05, 0.1) is 11.3 Å². The average molecular weight is 328 g/mol. The lowest BCUT2D eigenvalue weighted by molar-refractivity contribution is -0.137. The number of nitrogens with zero attached hydrogens (tertiary/aromatic N) is 2. The van der Waals surface area contributed by atoms with E-state index in [4.69, 9.17) is 4.52 Å². The van der Waals surface area contributed by atoms with E-state index in [-0.39, 0.29) is 24.8 Å². The van der Waals surface area contributed by atoms with E-state index in [1.54, 1.807) is 13.8 Å². The summed E-state index contributed by atoms with van der Waals surface area (Å²) in [7, 11) is 0. The van der Waals surface area contributed by atoms with Crippen LogP contribution in [0.1, 0.15) is 27.4 Å². The lowest BCUT2D eigenvalue weighted by Crippen LogP contribution is -2.30. The maximum atomic E-state index is 12.8. The molecule has 2 aromatic rings. The SMILES string of the molecule is Cc1noc(C)c1C(=O)NCCNc1ncccc1C(F)(F)F. The fraction of sp³-hybridized carbons (Fsp3) is 0.357. The highest BCUT2D eigenvalue weighted by molar-refractivity contribution is 5.96. The van der Waals surface area contributed by atoms with Crippen LogP contribution >= 0.6 is 0 Å². The van der Waals surface area contributed by atoms with Gasteiger partial charge in [0.1, 0.15) is 17.1 Å². The molecule has 23 heavy (non-hydrogen) atoms. The van der Waals surface area contributed by atoms with Gasteiger partial charge in [-0.3, -0.25) is 4.79 Å². The molecule has 0 saturated carbocycles. The van der Waals surface area contributed by atoms with Crippen molar-refractivity contribution in [3.05, 3.63) is 40.9 Å². The van der Waals surface area contributed by atoms with E-state index < -0.39 is 11.7 Å². The van der Waals surface area contributed by atoms with Crippen molar-refractivity contribution in [2.45, 2.75) is 20.0 Å². The van der Waals surface area contributed by atoms with Gasteiger partial charge in [0.2, 0.25) is 0 Å². The van der Waals surface area contributed by atoms with E-state index in [2.05, 4.69) is 20.8 Å². The fourth-order valence-corrected chi connectivity index (χ4v) is 2.03. The molecule has 0 aliphatic rings. The maximum Gasteiger partial charge on any atom is 0.419 e. The highest BCUT2D eigenvalue weighted by atomic mass is 19.4. The van der Waals surface area contributed by atoms with E-state index in [0.717, 1.165) is 6.07 Å². The Morgan fingerprint density at radius 1 is 1.30 bits per heavy atom. The predicted octanol–water partition coefficient (Wildman–Crippen LogP) is 2.55. The van der Waals surface area contributed by atoms with Crippen LogP contribution in [0.25, 0.3) is 0 Å². The number of carbonyl (C=O) groups excluding carboxylic acids is 1. The maximum absolute atomic E-state index is 12.8. The summed E-state index contributed by atoms with van der Waals surface area (Å²) in [6.45, 7) is 3.45. The van der Waals surface area contributed by atoms with Gasteiger partial charge in [0, 0.05) is 19.3 Å². The van der Waals surface area contributed by atoms with E-state index in [0.29, 0.717) is 17.0 Å². The van der Waals surface area contributed by atoms with Crippen LogP contribution in [0.2, 0.25) is 0 Å². The number of carbonyl (C=O) groups is 1. The molecular weight excluding hydrogens is 313 g/mol. The zero-order valence-corrected chi connectivity index (χ0v) is 12.5. The molecule has 0 aromatic carbocycles. The second kappa shape index (κ2) is 6.67. The zero-order valence-electron chi connectivity index (χ0n) is 12.5. The Morgan fingerprint density at radius 2 is 2.04 bits per heavy atom. The largest absolute Gasteiger partial charge is 0.419 e. The molecule has 1 amide bonds. The van der Waals surface area contributed by atoms with Crippen LogP contribution in [0.15, 0.2) is 22.9 Å². The molecule has 2 aromatic heterocycles. The van der Waals surface area contributed by atoms with Gasteiger partial charge >= 0.3 is 6.18 Å². The molecule has 0 atom stereocenters. The van der Waals surface area contributed by atoms with Crippen molar-refractivity contribution in [2.75, 3.05) is 18.4 Å². The summed E-state index contributed by atoms with van der Waals surface area (Å²) in [5.74, 6) is -0.274. The summed E-state index contributed by atoms with van der Waals surface area (Å²) < 4.78 is 43.3. The second-order valence-corrected chi connectivity index (χ2v) is 4.78. The molecule has 0 unspecified atom stereocenters. The minimum Gasteiger partial charge on any atom is -0.368 e. The lowest BCUT2D eigenvalue weighted by Gasteiger charge is -2.13. The van der Waals surface area contributed by atoms with Crippen molar-refractivity contribution in [3.63, 3.8) is 0 Å². The molecule has 0 aliphatic carbocycles. The van der Waals surface area contributed by atoms with E-state index >= 15 is 0 Å². The van der Waals surface area contributed by atoms with Crippen LogP contribution in [0.4, 0.5) is 19.0 Å². The Morgan fingerprint density at radius 3 is 2.65 bits per heavy atom. The van der Waals surface area contributed by atoms with Crippen molar-refractivity contribution in [1.29, 1.82) is 0 Å². The Labute approximate surface area is 130 Å². The Bertz CT molecular complexity index is 678. The topological polar surface area (TPSA) is 80.0 Å². The molecule has 0 spiro atoms. The number of anilines is 1. The van der Waals surface area contributed by atoms with Crippen molar-refractivity contribution < 1.29 is 22.5 Å². The quantitative estimate of drug-likeness (QED) is 0.825. The Hall–Kier alpha value is -2.58. The highest BCUT2D eigenvalue weighted by Crippen LogP contribution is 2.33. The van der Waals surface area contributed by atoms with Gasteiger partial charge in [-0.05, 0) is 26.0 Å². The molecule has 6 nitrogen and oxygen atoms in total. The molecule has 2 heterocycles. The first-order valence-corrected chi connectivity index (χ1v) is 6.78. The van der Waals surface area contributed by atoms with Crippen LogP contribution in [-0.2, 0) is 6.18 Å². The van der Waals surface area contributed by atoms with Crippen molar-refractivity contribution in [1.82, 2.24) is 15.5 Å². The van der Waals surface area contributed by atoms with E-state index in [1.165, 1.54) is 12.3 Å². The van der Waals surface area contributed by atoms with E-state index in [1.807, 2.05) is 0 Å². The summed E-state index contributed by atoms with van der Waals surface area (Å²) in [5, 5.41) is 8.81. The Balaban J connectivity index is 1.91. The van der Waals surface area contributed by atoms with Gasteiger partial charge < -0.3 is 15.2 Å². The summed E-state index contributed by atoms with van der Waals surface area (Å²) in [4.78, 5) is 15.6. The number of nitrogens with one attached hydrogen (secondary N) is 2. The molecule has 0 bridgehead atoms. The average Bonchev–Trinajstić information content (AvgIpc) is 2.82. The monoisotopic (exact) mass is 328 g/mol. The minimum absolute atomic E-state index is 0.0925. The molecule has 124 valence electrons. The fourth-order valence-electron chi connectivity index (χ4n) is 2.03. The lowest BCUT2D eigenvalue weighted by atomic mass is 10.2. The van der Waals surface area contributed by atoms with Gasteiger partial charge in [0.15, 0.2) is 0 Å². The first-order chi connectivity index (χ1) is 10.8. The van der Waals surface area contributed by atoms with Gasteiger partial charge in [-0.2, -0.15) is 13.2 Å². The number of hydrogen-bond acceptors (Lipinski definition) is 5. The molecule has 0 aliphatic heterocycles. The number of aryl methyl sites for hydroxylation is 2. The second-order valence-electron chi connectivity index (χ2n) is 4.78. The van der Waals surface area contributed by atoms with E-state index in [9.17, 15) is 18.0 Å². The summed E-state index contributed by atoms with van der Waals surface area (Å²) >= 11 is 0. The first-order valence-electron chi connectivity index (χ1n) is 6.78. The smallest absolute Gasteiger partial charge is 0.368 e. The Kier molecular flexibility index (Phi) is 4.87. The van der Waals surface area contributed by atoms with Crippen LogP contribution in [-0.4, -0.2) is 29.1 Å². The number of halogens is 3. The highest BCUT2D eigenvalue weighted by Gasteiger charge is 2.33. The predicted molar refractivity (Wildman–Crippen MR) is 76.0 cm³/mol. The number of aromatic nitrogens is 2.